The molecule has 0 amide bonds. The van der Waals surface area contributed by atoms with E-state index in [4.69, 9.17) is 16.3 Å². The summed E-state index contributed by atoms with van der Waals surface area (Å²) >= 11 is 6.04. The van der Waals surface area contributed by atoms with Crippen LogP contribution in [0.5, 0.6) is 11.8 Å². The van der Waals surface area contributed by atoms with Gasteiger partial charge in [0.25, 0.3) is 0 Å². The number of benzene rings is 1. The van der Waals surface area contributed by atoms with Crippen molar-refractivity contribution in [3.05, 3.63) is 47.4 Å². The van der Waals surface area contributed by atoms with Crippen LogP contribution in [0.2, 0.25) is 5.02 Å². The molecule has 2 aromatic heterocycles. The number of anilines is 2. The highest BCUT2D eigenvalue weighted by molar-refractivity contribution is 6.30. The van der Waals surface area contributed by atoms with Crippen molar-refractivity contribution < 1.29 is 4.74 Å². The minimum atomic E-state index is 0.352. The second kappa shape index (κ2) is 7.75. The molecule has 2 fully saturated rings. The van der Waals surface area contributed by atoms with E-state index in [1.165, 1.54) is 12.8 Å². The van der Waals surface area contributed by atoms with Crippen LogP contribution in [0.15, 0.2) is 36.7 Å². The van der Waals surface area contributed by atoms with Crippen LogP contribution in [-0.2, 0) is 7.05 Å². The second-order valence-electron chi connectivity index (χ2n) is 8.09. The maximum atomic E-state index is 6.04. The fraction of sp³-hybridized carbons (Fsp3) is 0.429. The highest BCUT2D eigenvalue weighted by atomic mass is 35.5. The zero-order chi connectivity index (χ0) is 20.7. The minimum Gasteiger partial charge on any atom is -0.424 e. The lowest BCUT2D eigenvalue weighted by atomic mass is 9.92. The highest BCUT2D eigenvalue weighted by Gasteiger charge is 2.43. The standard InChI is InChI=1S/C21H24ClN7O/c1-13-8-18(24-12-23-13)29-10-14-6-7-15(11-29)19(14)25-20-26-21(28(2)27-20)30-17-5-3-4-16(22)9-17/h3-5,8-9,12,14-15,19H,6-7,10-11H2,1-2H3,(H,25,27)/t14-,15+,19+. The number of nitrogens with one attached hydrogen (secondary N) is 1. The third kappa shape index (κ3) is 3.79. The van der Waals surface area contributed by atoms with Gasteiger partial charge in [0.15, 0.2) is 0 Å². The molecule has 1 N–H and O–H groups in total. The van der Waals surface area contributed by atoms with Gasteiger partial charge >= 0.3 is 6.01 Å². The molecule has 0 unspecified atom stereocenters. The molecule has 30 heavy (non-hydrogen) atoms. The number of nitrogens with zero attached hydrogens (tertiary/aromatic N) is 6. The highest BCUT2D eigenvalue weighted by Crippen LogP contribution is 2.39. The van der Waals surface area contributed by atoms with E-state index in [0.29, 0.717) is 40.6 Å². The van der Waals surface area contributed by atoms with E-state index in [2.05, 4.69) is 36.3 Å². The van der Waals surface area contributed by atoms with E-state index in [0.717, 1.165) is 24.6 Å². The van der Waals surface area contributed by atoms with Gasteiger partial charge in [-0.15, -0.1) is 5.10 Å². The summed E-state index contributed by atoms with van der Waals surface area (Å²) in [4.78, 5) is 15.6. The maximum absolute atomic E-state index is 6.04. The van der Waals surface area contributed by atoms with Gasteiger partial charge in [-0.05, 0) is 49.8 Å². The van der Waals surface area contributed by atoms with Crippen molar-refractivity contribution >= 4 is 23.4 Å². The number of ether oxygens (including phenoxy) is 1. The fourth-order valence-corrected chi connectivity index (χ4v) is 4.74. The molecule has 2 bridgehead atoms. The number of piperidine rings is 1. The molecule has 9 heteroatoms. The SMILES string of the molecule is Cc1cc(N2C[C@H]3CC[C@@H](C2)[C@H]3Nc2nc(Oc3cccc(Cl)c3)n(C)n2)ncn1. The van der Waals surface area contributed by atoms with Gasteiger partial charge in [-0.3, -0.25) is 0 Å². The fourth-order valence-electron chi connectivity index (χ4n) is 4.56. The number of hydrogen-bond acceptors (Lipinski definition) is 7. The predicted octanol–water partition coefficient (Wildman–Crippen LogP) is 3.69. The van der Waals surface area contributed by atoms with Crippen LogP contribution in [0, 0.1) is 18.8 Å². The molecule has 1 aromatic carbocycles. The first kappa shape index (κ1) is 19.1. The van der Waals surface area contributed by atoms with Gasteiger partial charge in [0.2, 0.25) is 5.95 Å². The number of aromatic nitrogens is 5. The summed E-state index contributed by atoms with van der Waals surface area (Å²) in [7, 11) is 1.83. The molecule has 1 aliphatic heterocycles. The maximum Gasteiger partial charge on any atom is 0.321 e. The molecule has 8 nitrogen and oxygen atoms in total. The van der Waals surface area contributed by atoms with E-state index >= 15 is 0 Å². The Hall–Kier alpha value is -2.87. The molecule has 3 heterocycles. The number of fused-ring (bicyclic) bond motifs is 2. The van der Waals surface area contributed by atoms with E-state index in [1.54, 1.807) is 17.1 Å². The number of rotatable bonds is 5. The summed E-state index contributed by atoms with van der Waals surface area (Å²) in [5.41, 5.74) is 0.998. The Morgan fingerprint density at radius 1 is 1.13 bits per heavy atom. The zero-order valence-electron chi connectivity index (χ0n) is 17.0. The summed E-state index contributed by atoms with van der Waals surface area (Å²) in [5, 5.41) is 8.71. The van der Waals surface area contributed by atoms with Gasteiger partial charge < -0.3 is 15.0 Å². The molecule has 2 aliphatic rings. The third-order valence-electron chi connectivity index (χ3n) is 5.97. The topological polar surface area (TPSA) is 81.0 Å². The largest absolute Gasteiger partial charge is 0.424 e. The Morgan fingerprint density at radius 2 is 1.93 bits per heavy atom. The quantitative estimate of drug-likeness (QED) is 0.667. The van der Waals surface area contributed by atoms with E-state index in [1.807, 2.05) is 32.2 Å². The Morgan fingerprint density at radius 3 is 2.67 bits per heavy atom. The summed E-state index contributed by atoms with van der Waals surface area (Å²) in [6, 6.07) is 10.1. The predicted molar refractivity (Wildman–Crippen MR) is 115 cm³/mol. The van der Waals surface area contributed by atoms with Gasteiger partial charge in [-0.25, -0.2) is 14.6 Å². The van der Waals surface area contributed by atoms with Crippen LogP contribution in [0.4, 0.5) is 11.8 Å². The molecule has 5 rings (SSSR count). The van der Waals surface area contributed by atoms with Gasteiger partial charge in [0.05, 0.1) is 0 Å². The Balaban J connectivity index is 1.28. The molecular formula is C21H24ClN7O. The van der Waals surface area contributed by atoms with Crippen LogP contribution in [0.3, 0.4) is 0 Å². The van der Waals surface area contributed by atoms with Gasteiger partial charge in [-0.1, -0.05) is 17.7 Å². The number of hydrogen-bond donors (Lipinski definition) is 1. The van der Waals surface area contributed by atoms with Crippen molar-refractivity contribution in [1.29, 1.82) is 0 Å². The average molecular weight is 426 g/mol. The third-order valence-corrected chi connectivity index (χ3v) is 6.21. The van der Waals surface area contributed by atoms with Crippen LogP contribution in [0.25, 0.3) is 0 Å². The number of halogens is 1. The van der Waals surface area contributed by atoms with Crippen molar-refractivity contribution in [2.75, 3.05) is 23.3 Å². The average Bonchev–Trinajstić information content (AvgIpc) is 3.16. The first-order chi connectivity index (χ1) is 14.5. The van der Waals surface area contributed by atoms with Crippen LogP contribution in [0.1, 0.15) is 18.5 Å². The molecule has 156 valence electrons. The summed E-state index contributed by atoms with van der Waals surface area (Å²) in [6.45, 7) is 3.95. The monoisotopic (exact) mass is 425 g/mol. The molecule has 0 radical (unpaired) electrons. The first-order valence-corrected chi connectivity index (χ1v) is 10.6. The zero-order valence-corrected chi connectivity index (χ0v) is 17.8. The van der Waals surface area contributed by atoms with Gasteiger partial charge in [0, 0.05) is 43.0 Å². The van der Waals surface area contributed by atoms with Gasteiger partial charge in [0.1, 0.15) is 17.9 Å². The smallest absolute Gasteiger partial charge is 0.321 e. The summed E-state index contributed by atoms with van der Waals surface area (Å²) < 4.78 is 7.50. The molecule has 0 spiro atoms. The summed E-state index contributed by atoms with van der Waals surface area (Å²) in [6.07, 6.45) is 4.04. The van der Waals surface area contributed by atoms with Crippen molar-refractivity contribution in [1.82, 2.24) is 24.7 Å². The Labute approximate surface area is 180 Å². The molecule has 1 saturated heterocycles. The number of aryl methyl sites for hydroxylation is 2. The van der Waals surface area contributed by atoms with Crippen LogP contribution in [-0.4, -0.2) is 43.9 Å². The summed E-state index contributed by atoms with van der Waals surface area (Å²) in [5.74, 6) is 3.31. The minimum absolute atomic E-state index is 0.352. The Kier molecular flexibility index (Phi) is 4.94. The molecular weight excluding hydrogens is 402 g/mol. The van der Waals surface area contributed by atoms with Crippen molar-refractivity contribution in [2.24, 2.45) is 18.9 Å². The lowest BCUT2D eigenvalue weighted by molar-refractivity contribution is 0.374. The van der Waals surface area contributed by atoms with E-state index in [9.17, 15) is 0 Å². The van der Waals surface area contributed by atoms with Gasteiger partial charge in [-0.2, -0.15) is 4.98 Å². The first-order valence-electron chi connectivity index (χ1n) is 10.2. The van der Waals surface area contributed by atoms with Crippen molar-refractivity contribution in [2.45, 2.75) is 25.8 Å². The lowest BCUT2D eigenvalue weighted by Crippen LogP contribution is -2.48. The molecule has 3 atom stereocenters. The van der Waals surface area contributed by atoms with E-state index < -0.39 is 0 Å². The van der Waals surface area contributed by atoms with Crippen molar-refractivity contribution in [3.63, 3.8) is 0 Å². The molecule has 1 aliphatic carbocycles. The molecule has 1 saturated carbocycles. The Bertz CT molecular complexity index is 1040. The second-order valence-corrected chi connectivity index (χ2v) is 8.53. The van der Waals surface area contributed by atoms with Crippen molar-refractivity contribution in [3.8, 4) is 11.8 Å². The normalized spacial score (nSPS) is 22.9. The van der Waals surface area contributed by atoms with Crippen LogP contribution >= 0.6 is 11.6 Å². The lowest BCUT2D eigenvalue weighted by Gasteiger charge is -2.38. The van der Waals surface area contributed by atoms with Crippen LogP contribution < -0.4 is 15.0 Å². The van der Waals surface area contributed by atoms with E-state index in [-0.39, 0.29) is 0 Å². The molecule has 3 aromatic rings.